The van der Waals surface area contributed by atoms with Crippen LogP contribution in [-0.4, -0.2) is 23.6 Å². The van der Waals surface area contributed by atoms with E-state index in [4.69, 9.17) is 4.74 Å². The number of carboxylic acid groups (broad SMARTS) is 1. The maximum atomic E-state index is 12.3. The monoisotopic (exact) mass is 319 g/mol. The highest BCUT2D eigenvalue weighted by Gasteiger charge is 2.35. The van der Waals surface area contributed by atoms with Crippen LogP contribution in [0.5, 0.6) is 5.75 Å². The number of rotatable bonds is 7. The van der Waals surface area contributed by atoms with Crippen LogP contribution in [0.25, 0.3) is 0 Å². The van der Waals surface area contributed by atoms with Crippen molar-refractivity contribution in [2.45, 2.75) is 45.6 Å². The van der Waals surface area contributed by atoms with Gasteiger partial charge < -0.3 is 15.2 Å². The van der Waals surface area contributed by atoms with Crippen LogP contribution in [0.2, 0.25) is 0 Å². The average molecular weight is 319 g/mol. The minimum absolute atomic E-state index is 0.156. The maximum absolute atomic E-state index is 12.3. The molecular formula is C18H25NO4. The highest BCUT2D eigenvalue weighted by atomic mass is 16.5. The van der Waals surface area contributed by atoms with Gasteiger partial charge in [0.15, 0.2) is 0 Å². The summed E-state index contributed by atoms with van der Waals surface area (Å²) in [4.78, 5) is 23.6. The quantitative estimate of drug-likeness (QED) is 0.810. The number of nitrogens with one attached hydrogen (secondary N) is 1. The average Bonchev–Trinajstić information content (AvgIpc) is 2.58. The number of hydrogen-bond donors (Lipinski definition) is 2. The molecule has 0 spiro atoms. The molecule has 126 valence electrons. The Morgan fingerprint density at radius 2 is 2.00 bits per heavy atom. The molecule has 5 heteroatoms. The van der Waals surface area contributed by atoms with Gasteiger partial charge in [-0.25, -0.2) is 0 Å². The molecule has 0 heterocycles. The minimum atomic E-state index is -0.861. The molecule has 2 N–H and O–H groups in total. The molecule has 0 bridgehead atoms. The molecule has 1 aromatic rings. The smallest absolute Gasteiger partial charge is 0.307 e. The van der Waals surface area contributed by atoms with E-state index in [1.807, 2.05) is 31.2 Å². The van der Waals surface area contributed by atoms with Gasteiger partial charge in [0, 0.05) is 6.54 Å². The first-order valence-corrected chi connectivity index (χ1v) is 8.34. The summed E-state index contributed by atoms with van der Waals surface area (Å²) in [7, 11) is 0. The second kappa shape index (κ2) is 8.56. The molecule has 0 saturated heterocycles. The van der Waals surface area contributed by atoms with Crippen molar-refractivity contribution in [1.82, 2.24) is 5.32 Å². The summed E-state index contributed by atoms with van der Waals surface area (Å²) >= 11 is 0. The number of carboxylic acids is 1. The Labute approximate surface area is 137 Å². The first kappa shape index (κ1) is 17.3. The van der Waals surface area contributed by atoms with Crippen molar-refractivity contribution < 1.29 is 19.4 Å². The molecule has 1 aliphatic carbocycles. The molecule has 1 amide bonds. The summed E-state index contributed by atoms with van der Waals surface area (Å²) < 4.78 is 5.58. The lowest BCUT2D eigenvalue weighted by Gasteiger charge is -2.27. The van der Waals surface area contributed by atoms with E-state index in [1.54, 1.807) is 0 Å². The molecule has 2 rings (SSSR count). The molecule has 2 unspecified atom stereocenters. The van der Waals surface area contributed by atoms with Crippen molar-refractivity contribution in [3.63, 3.8) is 0 Å². The number of ether oxygens (including phenoxy) is 1. The van der Waals surface area contributed by atoms with E-state index in [-0.39, 0.29) is 5.91 Å². The van der Waals surface area contributed by atoms with Crippen LogP contribution in [0.1, 0.15) is 44.6 Å². The van der Waals surface area contributed by atoms with Gasteiger partial charge in [0.25, 0.3) is 0 Å². The van der Waals surface area contributed by atoms with Crippen LogP contribution in [0, 0.1) is 11.8 Å². The SMILES string of the molecule is CCCOc1cccc(CNC(=O)C2CCCCC2C(=O)O)c1. The molecule has 2 atom stereocenters. The van der Waals surface area contributed by atoms with Crippen molar-refractivity contribution in [2.24, 2.45) is 11.8 Å². The van der Waals surface area contributed by atoms with E-state index in [2.05, 4.69) is 5.32 Å². The Kier molecular flexibility index (Phi) is 6.44. The molecule has 1 aliphatic rings. The highest BCUT2D eigenvalue weighted by Crippen LogP contribution is 2.30. The Morgan fingerprint density at radius 3 is 2.70 bits per heavy atom. The zero-order valence-electron chi connectivity index (χ0n) is 13.6. The summed E-state index contributed by atoms with van der Waals surface area (Å²) in [6.45, 7) is 3.11. The molecule has 0 aliphatic heterocycles. The third-order valence-corrected chi connectivity index (χ3v) is 4.26. The molecule has 1 saturated carbocycles. The van der Waals surface area contributed by atoms with Gasteiger partial charge in [0.05, 0.1) is 18.4 Å². The molecule has 5 nitrogen and oxygen atoms in total. The molecule has 23 heavy (non-hydrogen) atoms. The fourth-order valence-electron chi connectivity index (χ4n) is 3.03. The van der Waals surface area contributed by atoms with E-state index in [1.165, 1.54) is 0 Å². The Hall–Kier alpha value is -2.04. The lowest BCUT2D eigenvalue weighted by atomic mass is 9.78. The van der Waals surface area contributed by atoms with Gasteiger partial charge in [-0.1, -0.05) is 31.9 Å². The number of carbonyl (C=O) groups is 2. The molecular weight excluding hydrogens is 294 g/mol. The van der Waals surface area contributed by atoms with E-state index in [0.29, 0.717) is 26.0 Å². The number of carbonyl (C=O) groups excluding carboxylic acids is 1. The van der Waals surface area contributed by atoms with Crippen molar-refractivity contribution in [3.8, 4) is 5.75 Å². The van der Waals surface area contributed by atoms with Crippen LogP contribution in [0.15, 0.2) is 24.3 Å². The molecule has 0 radical (unpaired) electrons. The van der Waals surface area contributed by atoms with Crippen LogP contribution in [-0.2, 0) is 16.1 Å². The number of amides is 1. The lowest BCUT2D eigenvalue weighted by molar-refractivity contribution is -0.148. The summed E-state index contributed by atoms with van der Waals surface area (Å²) in [5, 5.41) is 12.1. The van der Waals surface area contributed by atoms with Crippen molar-refractivity contribution in [1.29, 1.82) is 0 Å². The summed E-state index contributed by atoms with van der Waals surface area (Å²) in [5.74, 6) is -1.19. The number of aliphatic carboxylic acids is 1. The minimum Gasteiger partial charge on any atom is -0.494 e. The fraction of sp³-hybridized carbons (Fsp3) is 0.556. The predicted molar refractivity (Wildman–Crippen MR) is 87.2 cm³/mol. The van der Waals surface area contributed by atoms with E-state index in [0.717, 1.165) is 30.6 Å². The van der Waals surface area contributed by atoms with Gasteiger partial charge in [0.2, 0.25) is 5.91 Å². The Balaban J connectivity index is 1.91. The second-order valence-electron chi connectivity index (χ2n) is 6.05. The lowest BCUT2D eigenvalue weighted by Crippen LogP contribution is -2.39. The van der Waals surface area contributed by atoms with Gasteiger partial charge in [-0.05, 0) is 37.0 Å². The molecule has 0 aromatic heterocycles. The first-order valence-electron chi connectivity index (χ1n) is 8.34. The van der Waals surface area contributed by atoms with Gasteiger partial charge >= 0.3 is 5.97 Å². The standard InChI is InChI=1S/C18H25NO4/c1-2-10-23-14-7-5-6-13(11-14)12-19-17(20)15-8-3-4-9-16(15)18(21)22/h5-7,11,15-16H,2-4,8-10,12H2,1H3,(H,19,20)(H,21,22). The summed E-state index contributed by atoms with van der Waals surface area (Å²) in [5.41, 5.74) is 0.953. The second-order valence-corrected chi connectivity index (χ2v) is 6.05. The maximum Gasteiger partial charge on any atom is 0.307 e. The van der Waals surface area contributed by atoms with Crippen LogP contribution in [0.3, 0.4) is 0 Å². The fourth-order valence-corrected chi connectivity index (χ4v) is 3.03. The van der Waals surface area contributed by atoms with Crippen molar-refractivity contribution in [2.75, 3.05) is 6.61 Å². The number of benzene rings is 1. The van der Waals surface area contributed by atoms with Crippen molar-refractivity contribution >= 4 is 11.9 Å². The Bertz CT molecular complexity index is 544. The first-order chi connectivity index (χ1) is 11.1. The number of hydrogen-bond acceptors (Lipinski definition) is 3. The van der Waals surface area contributed by atoms with Gasteiger partial charge in [-0.2, -0.15) is 0 Å². The topological polar surface area (TPSA) is 75.6 Å². The van der Waals surface area contributed by atoms with Crippen molar-refractivity contribution in [3.05, 3.63) is 29.8 Å². The summed E-state index contributed by atoms with van der Waals surface area (Å²) in [6.07, 6.45) is 4.00. The van der Waals surface area contributed by atoms with Gasteiger partial charge in [-0.3, -0.25) is 9.59 Å². The van der Waals surface area contributed by atoms with Crippen LogP contribution in [0.4, 0.5) is 0 Å². The van der Waals surface area contributed by atoms with Crippen LogP contribution >= 0.6 is 0 Å². The Morgan fingerprint density at radius 1 is 1.26 bits per heavy atom. The van der Waals surface area contributed by atoms with Gasteiger partial charge in [-0.15, -0.1) is 0 Å². The highest BCUT2D eigenvalue weighted by molar-refractivity contribution is 5.84. The predicted octanol–water partition coefficient (Wildman–Crippen LogP) is 2.98. The molecule has 1 aromatic carbocycles. The van der Waals surface area contributed by atoms with E-state index < -0.39 is 17.8 Å². The zero-order chi connectivity index (χ0) is 16.7. The zero-order valence-corrected chi connectivity index (χ0v) is 13.6. The normalized spacial score (nSPS) is 20.7. The third-order valence-electron chi connectivity index (χ3n) is 4.26. The van der Waals surface area contributed by atoms with E-state index >= 15 is 0 Å². The largest absolute Gasteiger partial charge is 0.494 e. The third kappa shape index (κ3) is 4.98. The molecule has 1 fully saturated rings. The van der Waals surface area contributed by atoms with Crippen LogP contribution < -0.4 is 10.1 Å². The van der Waals surface area contributed by atoms with E-state index in [9.17, 15) is 14.7 Å². The van der Waals surface area contributed by atoms with Gasteiger partial charge in [0.1, 0.15) is 5.75 Å². The summed E-state index contributed by atoms with van der Waals surface area (Å²) in [6, 6.07) is 7.62.